The molecule has 2 aromatic heterocycles. The summed E-state index contributed by atoms with van der Waals surface area (Å²) in [5.41, 5.74) is 4.34. The van der Waals surface area contributed by atoms with Crippen LogP contribution >= 0.6 is 11.3 Å². The molecule has 0 aliphatic heterocycles. The Morgan fingerprint density at radius 3 is 2.54 bits per heavy atom. The largest absolute Gasteiger partial charge is 0.494 e. The number of aromatic nitrogens is 1. The maximum Gasteiger partial charge on any atom is 0.341 e. The second-order valence-corrected chi connectivity index (χ2v) is 9.13. The van der Waals surface area contributed by atoms with Crippen LogP contribution in [0.3, 0.4) is 0 Å². The van der Waals surface area contributed by atoms with Gasteiger partial charge in [-0.15, -0.1) is 11.3 Å². The van der Waals surface area contributed by atoms with Gasteiger partial charge >= 0.3 is 5.97 Å². The Morgan fingerprint density at radius 2 is 1.89 bits per heavy atom. The first kappa shape index (κ1) is 25.8. The number of anilines is 1. The Bertz CT molecular complexity index is 1340. The lowest BCUT2D eigenvalue weighted by Gasteiger charge is -2.11. The lowest BCUT2D eigenvalue weighted by Crippen LogP contribution is -2.13. The van der Waals surface area contributed by atoms with Crippen molar-refractivity contribution < 1.29 is 19.1 Å². The minimum atomic E-state index is -0.513. The molecule has 0 aliphatic rings. The van der Waals surface area contributed by atoms with Gasteiger partial charge in [-0.2, -0.15) is 5.26 Å². The normalized spacial score (nSPS) is 11.2. The third-order valence-electron chi connectivity index (χ3n) is 5.59. The van der Waals surface area contributed by atoms with Crippen molar-refractivity contribution in [3.05, 3.63) is 68.9 Å². The van der Waals surface area contributed by atoms with Gasteiger partial charge in [0.05, 0.1) is 18.8 Å². The molecule has 182 valence electrons. The van der Waals surface area contributed by atoms with Crippen molar-refractivity contribution in [1.29, 1.82) is 5.26 Å². The number of esters is 1. The van der Waals surface area contributed by atoms with Gasteiger partial charge in [0.2, 0.25) is 0 Å². The van der Waals surface area contributed by atoms with E-state index in [1.165, 1.54) is 11.3 Å². The average Bonchev–Trinajstić information content (AvgIpc) is 3.26. The van der Waals surface area contributed by atoms with Crippen LogP contribution in [0.2, 0.25) is 0 Å². The Morgan fingerprint density at radius 1 is 1.14 bits per heavy atom. The van der Waals surface area contributed by atoms with Gasteiger partial charge in [0.1, 0.15) is 22.4 Å². The summed E-state index contributed by atoms with van der Waals surface area (Å²) in [7, 11) is 0. The summed E-state index contributed by atoms with van der Waals surface area (Å²) in [6.45, 7) is 12.2. The number of hydrogen-bond acceptors (Lipinski definition) is 6. The van der Waals surface area contributed by atoms with Gasteiger partial charge in [0.15, 0.2) is 0 Å². The molecule has 0 saturated carbocycles. The zero-order valence-corrected chi connectivity index (χ0v) is 21.6. The molecule has 1 amide bonds. The Labute approximate surface area is 209 Å². The van der Waals surface area contributed by atoms with E-state index in [9.17, 15) is 14.9 Å². The van der Waals surface area contributed by atoms with Gasteiger partial charge in [0, 0.05) is 28.0 Å². The number of nitrogens with zero attached hydrogens (tertiary/aromatic N) is 2. The number of rotatable bonds is 8. The van der Waals surface area contributed by atoms with Crippen LogP contribution in [0.15, 0.2) is 35.9 Å². The Hall–Kier alpha value is -3.83. The van der Waals surface area contributed by atoms with E-state index in [4.69, 9.17) is 9.47 Å². The average molecular weight is 492 g/mol. The summed E-state index contributed by atoms with van der Waals surface area (Å²) in [6, 6.07) is 10.9. The van der Waals surface area contributed by atoms with Crippen molar-refractivity contribution in [2.75, 3.05) is 18.5 Å². The highest BCUT2D eigenvalue weighted by atomic mass is 32.1. The summed E-state index contributed by atoms with van der Waals surface area (Å²) >= 11 is 1.51. The first-order valence-electron chi connectivity index (χ1n) is 11.3. The summed E-state index contributed by atoms with van der Waals surface area (Å²) in [4.78, 5) is 26.6. The smallest absolute Gasteiger partial charge is 0.341 e. The predicted octanol–water partition coefficient (Wildman–Crippen LogP) is 5.89. The van der Waals surface area contributed by atoms with Gasteiger partial charge in [-0.05, 0) is 76.9 Å². The van der Waals surface area contributed by atoms with E-state index in [1.54, 1.807) is 37.3 Å². The summed E-state index contributed by atoms with van der Waals surface area (Å²) in [5, 5.41) is 13.2. The van der Waals surface area contributed by atoms with Crippen molar-refractivity contribution in [2.45, 2.75) is 41.5 Å². The minimum Gasteiger partial charge on any atom is -0.494 e. The van der Waals surface area contributed by atoms with Crippen LogP contribution in [0, 0.1) is 39.0 Å². The van der Waals surface area contributed by atoms with E-state index in [0.29, 0.717) is 30.2 Å². The lowest BCUT2D eigenvalue weighted by atomic mass is 10.1. The number of amides is 1. The molecule has 0 atom stereocenters. The fraction of sp³-hybridized carbons (Fsp3) is 0.296. The van der Waals surface area contributed by atoms with E-state index in [0.717, 1.165) is 32.4 Å². The van der Waals surface area contributed by atoms with Gasteiger partial charge in [-0.25, -0.2) is 4.79 Å². The van der Waals surface area contributed by atoms with E-state index in [2.05, 4.69) is 5.32 Å². The second-order valence-electron chi connectivity index (χ2n) is 7.93. The Balaban J connectivity index is 1.98. The van der Waals surface area contributed by atoms with Crippen molar-refractivity contribution in [3.8, 4) is 16.8 Å². The minimum absolute atomic E-state index is 0.0313. The molecule has 7 nitrogen and oxygen atoms in total. The molecule has 35 heavy (non-hydrogen) atoms. The molecule has 0 fully saturated rings. The molecule has 3 aromatic rings. The number of nitrogens with one attached hydrogen (secondary N) is 1. The van der Waals surface area contributed by atoms with Crippen molar-refractivity contribution in [3.63, 3.8) is 0 Å². The third-order valence-corrected chi connectivity index (χ3v) is 6.78. The molecule has 0 unspecified atom stereocenters. The Kier molecular flexibility index (Phi) is 8.15. The molecule has 0 spiro atoms. The van der Waals surface area contributed by atoms with Crippen molar-refractivity contribution in [1.82, 2.24) is 4.57 Å². The zero-order valence-electron chi connectivity index (χ0n) is 20.8. The van der Waals surface area contributed by atoms with E-state index >= 15 is 0 Å². The summed E-state index contributed by atoms with van der Waals surface area (Å²) in [5.74, 6) is -0.239. The lowest BCUT2D eigenvalue weighted by molar-refractivity contribution is -0.112. The fourth-order valence-corrected chi connectivity index (χ4v) is 5.05. The van der Waals surface area contributed by atoms with Crippen LogP contribution in [0.4, 0.5) is 5.69 Å². The zero-order chi connectivity index (χ0) is 25.7. The molecule has 1 N–H and O–H groups in total. The maximum absolute atomic E-state index is 12.8. The van der Waals surface area contributed by atoms with Crippen molar-refractivity contribution in [2.24, 2.45) is 0 Å². The number of carbonyl (C=O) groups is 2. The van der Waals surface area contributed by atoms with Gasteiger partial charge in [-0.3, -0.25) is 4.79 Å². The van der Waals surface area contributed by atoms with Crippen LogP contribution in [-0.2, 0) is 9.53 Å². The van der Waals surface area contributed by atoms with E-state index in [-0.39, 0.29) is 11.5 Å². The van der Waals surface area contributed by atoms with Crippen molar-refractivity contribution >= 4 is 35.0 Å². The highest BCUT2D eigenvalue weighted by Crippen LogP contribution is 2.35. The maximum atomic E-state index is 12.8. The number of thiophene rings is 1. The SMILES string of the molecule is CCOC(=O)c1c(-n2c(C)cc(/C=C(/C#N)C(=O)Nc3cccc(OCC)c3)c2C)sc(C)c1C. The number of nitriles is 1. The number of carbonyl (C=O) groups excluding carboxylic acids is 2. The van der Waals surface area contributed by atoms with Gasteiger partial charge in [0.25, 0.3) is 5.91 Å². The summed E-state index contributed by atoms with van der Waals surface area (Å²) < 4.78 is 12.7. The van der Waals surface area contributed by atoms with Crippen LogP contribution in [0.25, 0.3) is 11.1 Å². The van der Waals surface area contributed by atoms with Crippen LogP contribution in [0.1, 0.15) is 51.6 Å². The molecule has 2 heterocycles. The highest BCUT2D eigenvalue weighted by Gasteiger charge is 2.24. The van der Waals surface area contributed by atoms with Gasteiger partial charge < -0.3 is 19.4 Å². The topological polar surface area (TPSA) is 93.4 Å². The standard InChI is InChI=1S/C27H29N3O4S/c1-7-33-23-11-9-10-22(14-23)29-25(31)21(15-28)13-20-12-16(3)30(18(20)5)26-24(27(32)34-8-2)17(4)19(6)35-26/h9-14H,7-8H2,1-6H3,(H,29,31)/b21-13-. The molecule has 3 rings (SSSR count). The molecule has 0 bridgehead atoms. The number of hydrogen-bond donors (Lipinski definition) is 1. The molecule has 1 aromatic carbocycles. The van der Waals surface area contributed by atoms with Crippen LogP contribution in [0.5, 0.6) is 5.75 Å². The second kappa shape index (κ2) is 11.1. The molecule has 0 radical (unpaired) electrons. The van der Waals surface area contributed by atoms with Crippen LogP contribution < -0.4 is 10.1 Å². The third kappa shape index (κ3) is 5.47. The quantitative estimate of drug-likeness (QED) is 0.241. The first-order chi connectivity index (χ1) is 16.7. The summed E-state index contributed by atoms with van der Waals surface area (Å²) in [6.07, 6.45) is 1.57. The molecule has 0 aliphatic carbocycles. The predicted molar refractivity (Wildman–Crippen MR) is 138 cm³/mol. The number of ether oxygens (including phenoxy) is 2. The highest BCUT2D eigenvalue weighted by molar-refractivity contribution is 7.15. The molecular formula is C27H29N3O4S. The van der Waals surface area contributed by atoms with Crippen LogP contribution in [-0.4, -0.2) is 29.7 Å². The molecule has 8 heteroatoms. The monoisotopic (exact) mass is 491 g/mol. The number of aryl methyl sites for hydroxylation is 2. The van der Waals surface area contributed by atoms with Gasteiger partial charge in [-0.1, -0.05) is 6.07 Å². The first-order valence-corrected chi connectivity index (χ1v) is 12.2. The van der Waals surface area contributed by atoms with E-state index in [1.807, 2.05) is 51.3 Å². The fourth-order valence-electron chi connectivity index (χ4n) is 3.79. The molecule has 0 saturated heterocycles. The van der Waals surface area contributed by atoms with E-state index < -0.39 is 5.91 Å². The molecular weight excluding hydrogens is 462 g/mol. The number of benzene rings is 1.